The number of carboxylic acid groups (broad SMARTS) is 1. The summed E-state index contributed by atoms with van der Waals surface area (Å²) in [5.41, 5.74) is 0.946. The average molecular weight is 556 g/mol. The van der Waals surface area contributed by atoms with Gasteiger partial charge in [-0.15, -0.1) is 0 Å². The van der Waals surface area contributed by atoms with Crippen molar-refractivity contribution < 1.29 is 37.5 Å². The first-order chi connectivity index (χ1) is 18.6. The van der Waals surface area contributed by atoms with Crippen LogP contribution < -0.4 is 10.6 Å². The molecule has 0 aromatic heterocycles. The van der Waals surface area contributed by atoms with Crippen LogP contribution in [0.4, 0.5) is 18.0 Å². The van der Waals surface area contributed by atoms with Crippen molar-refractivity contribution in [1.29, 1.82) is 0 Å². The number of carbonyl (C=O) groups excluding carboxylic acids is 2. The van der Waals surface area contributed by atoms with Gasteiger partial charge in [-0.1, -0.05) is 48.8 Å². The van der Waals surface area contributed by atoms with Crippen molar-refractivity contribution in [1.82, 2.24) is 20.4 Å². The summed E-state index contributed by atoms with van der Waals surface area (Å²) in [6, 6.07) is 10.2. The molecular formula is C26H36F3N5O5. The molecule has 3 N–H and O–H groups in total. The van der Waals surface area contributed by atoms with E-state index in [4.69, 9.17) is 14.7 Å². The fourth-order valence-corrected chi connectivity index (χ4v) is 4.83. The van der Waals surface area contributed by atoms with E-state index in [-0.39, 0.29) is 18.0 Å². The van der Waals surface area contributed by atoms with Gasteiger partial charge in [0.15, 0.2) is 5.60 Å². The third kappa shape index (κ3) is 8.32. The van der Waals surface area contributed by atoms with Crippen LogP contribution in [0.1, 0.15) is 51.0 Å². The van der Waals surface area contributed by atoms with Crippen LogP contribution in [-0.2, 0) is 21.0 Å². The molecule has 0 aliphatic carbocycles. The predicted molar refractivity (Wildman–Crippen MR) is 137 cm³/mol. The highest BCUT2D eigenvalue weighted by atomic mass is 19.4. The van der Waals surface area contributed by atoms with Gasteiger partial charge in [0.2, 0.25) is 0 Å². The highest BCUT2D eigenvalue weighted by Crippen LogP contribution is 2.35. The van der Waals surface area contributed by atoms with Crippen LogP contribution in [0.2, 0.25) is 0 Å². The Morgan fingerprint density at radius 3 is 2.41 bits per heavy atom. The number of urea groups is 1. The number of benzene rings is 1. The van der Waals surface area contributed by atoms with E-state index in [1.165, 1.54) is 5.56 Å². The molecule has 13 heteroatoms. The smallest absolute Gasteiger partial charge is 0.475 e. The largest absolute Gasteiger partial charge is 0.490 e. The lowest BCUT2D eigenvalue weighted by molar-refractivity contribution is -0.192. The number of piperidine rings is 1. The van der Waals surface area contributed by atoms with E-state index in [9.17, 15) is 22.8 Å². The van der Waals surface area contributed by atoms with Gasteiger partial charge in [-0.05, 0) is 31.2 Å². The van der Waals surface area contributed by atoms with E-state index in [1.54, 1.807) is 0 Å². The Kier molecular flexibility index (Phi) is 10.6. The minimum absolute atomic E-state index is 0.00461. The number of oxime groups is 1. The van der Waals surface area contributed by atoms with Crippen LogP contribution in [0.3, 0.4) is 0 Å². The van der Waals surface area contributed by atoms with Crippen molar-refractivity contribution in [3.8, 4) is 0 Å². The number of hydrogen-bond donors (Lipinski definition) is 3. The topological polar surface area (TPSA) is 124 Å². The predicted octanol–water partition coefficient (Wildman–Crippen LogP) is 3.13. The van der Waals surface area contributed by atoms with Crippen molar-refractivity contribution in [2.24, 2.45) is 5.16 Å². The van der Waals surface area contributed by atoms with Crippen LogP contribution in [-0.4, -0.2) is 89.1 Å². The molecule has 1 aromatic carbocycles. The summed E-state index contributed by atoms with van der Waals surface area (Å²) in [5, 5.41) is 18.0. The molecule has 3 aliphatic rings. The number of hydrogen-bond acceptors (Lipinski definition) is 6. The Labute approximate surface area is 225 Å². The highest BCUT2D eigenvalue weighted by Gasteiger charge is 2.52. The van der Waals surface area contributed by atoms with Gasteiger partial charge < -0.3 is 30.4 Å². The van der Waals surface area contributed by atoms with Gasteiger partial charge in [-0.25, -0.2) is 9.59 Å². The SMILES string of the molecule is CCCCNC(=O)N1CCC(NCc2ccccc2)C2(CC(C(=O)N3CCCC3)=NO2)C1.O=C(O)C(F)(F)F. The molecule has 1 aromatic rings. The third-order valence-electron chi connectivity index (χ3n) is 6.96. The highest BCUT2D eigenvalue weighted by molar-refractivity contribution is 6.39. The van der Waals surface area contributed by atoms with Gasteiger partial charge >= 0.3 is 18.2 Å². The van der Waals surface area contributed by atoms with E-state index in [2.05, 4.69) is 34.8 Å². The number of halogens is 3. The lowest BCUT2D eigenvalue weighted by atomic mass is 9.83. The molecule has 1 spiro atoms. The summed E-state index contributed by atoms with van der Waals surface area (Å²) in [6.07, 6.45) is 0.160. The number of unbranched alkanes of at least 4 members (excludes halogenated alkanes) is 1. The van der Waals surface area contributed by atoms with Crippen molar-refractivity contribution in [3.05, 3.63) is 35.9 Å². The molecule has 0 saturated carbocycles. The van der Waals surface area contributed by atoms with Gasteiger partial charge in [0.25, 0.3) is 5.91 Å². The Morgan fingerprint density at radius 1 is 1.13 bits per heavy atom. The summed E-state index contributed by atoms with van der Waals surface area (Å²) >= 11 is 0. The number of aliphatic carboxylic acids is 1. The number of alkyl halides is 3. The van der Waals surface area contributed by atoms with Crippen molar-refractivity contribution in [3.63, 3.8) is 0 Å². The van der Waals surface area contributed by atoms with Crippen molar-refractivity contribution >= 4 is 23.6 Å². The minimum Gasteiger partial charge on any atom is -0.475 e. The van der Waals surface area contributed by atoms with Gasteiger partial charge in [0.05, 0.1) is 12.6 Å². The molecule has 39 heavy (non-hydrogen) atoms. The van der Waals surface area contributed by atoms with Crippen molar-refractivity contribution in [2.45, 2.75) is 69.8 Å². The summed E-state index contributed by atoms with van der Waals surface area (Å²) < 4.78 is 31.7. The average Bonchev–Trinajstić information content (AvgIpc) is 3.59. The maximum Gasteiger partial charge on any atom is 0.490 e. The van der Waals surface area contributed by atoms with E-state index in [1.807, 2.05) is 28.0 Å². The summed E-state index contributed by atoms with van der Waals surface area (Å²) in [7, 11) is 0. The van der Waals surface area contributed by atoms with Crippen LogP contribution in [0, 0.1) is 0 Å². The summed E-state index contributed by atoms with van der Waals surface area (Å²) in [5.74, 6) is -2.78. The zero-order valence-electron chi connectivity index (χ0n) is 22.0. The number of amides is 3. The van der Waals surface area contributed by atoms with E-state index >= 15 is 0 Å². The molecule has 0 bridgehead atoms. The molecule has 2 unspecified atom stereocenters. The zero-order valence-corrected chi connectivity index (χ0v) is 22.0. The molecule has 10 nitrogen and oxygen atoms in total. The molecule has 3 aliphatic heterocycles. The number of likely N-dealkylation sites (tertiary alicyclic amines) is 2. The molecule has 2 fully saturated rings. The number of rotatable bonds is 7. The summed E-state index contributed by atoms with van der Waals surface area (Å²) in [6.45, 7) is 6.11. The molecular weight excluding hydrogens is 519 g/mol. The Morgan fingerprint density at radius 2 is 1.79 bits per heavy atom. The number of carboxylic acids is 1. The quantitative estimate of drug-likeness (QED) is 0.445. The maximum atomic E-state index is 13.0. The zero-order chi connectivity index (χ0) is 28.5. The van der Waals surface area contributed by atoms with Crippen molar-refractivity contribution in [2.75, 3.05) is 32.7 Å². The van der Waals surface area contributed by atoms with Crippen LogP contribution >= 0.6 is 0 Å². The van der Waals surface area contributed by atoms with Crippen LogP contribution in [0.25, 0.3) is 0 Å². The Bertz CT molecular complexity index is 1020. The fourth-order valence-electron chi connectivity index (χ4n) is 4.83. The first kappa shape index (κ1) is 30.2. The van der Waals surface area contributed by atoms with Crippen LogP contribution in [0.5, 0.6) is 0 Å². The Hall–Kier alpha value is -3.35. The second-order valence-electron chi connectivity index (χ2n) is 9.89. The first-order valence-corrected chi connectivity index (χ1v) is 13.2. The van der Waals surface area contributed by atoms with E-state index in [0.717, 1.165) is 45.2 Å². The molecule has 2 saturated heterocycles. The molecule has 2 atom stereocenters. The van der Waals surface area contributed by atoms with E-state index in [0.29, 0.717) is 38.3 Å². The second kappa shape index (κ2) is 13.6. The first-order valence-electron chi connectivity index (χ1n) is 13.2. The number of nitrogens with zero attached hydrogens (tertiary/aromatic N) is 3. The molecule has 0 radical (unpaired) electrons. The summed E-state index contributed by atoms with van der Waals surface area (Å²) in [4.78, 5) is 44.3. The normalized spacial score (nSPS) is 22.6. The third-order valence-corrected chi connectivity index (χ3v) is 6.96. The molecule has 3 heterocycles. The number of nitrogens with one attached hydrogen (secondary N) is 2. The lowest BCUT2D eigenvalue weighted by Crippen LogP contribution is -2.64. The van der Waals surface area contributed by atoms with Crippen LogP contribution in [0.15, 0.2) is 35.5 Å². The van der Waals surface area contributed by atoms with Gasteiger partial charge in [-0.3, -0.25) is 4.79 Å². The standard InChI is InChI=1S/C24H35N5O3.C2HF3O2/c1-2-3-12-25-23(31)29-15-11-21(26-17-19-9-5-4-6-10-19)24(18-29)16-20(27-32-24)22(30)28-13-7-8-14-28;3-2(4,5)1(6)7/h4-6,9-10,21,26H,2-3,7-8,11-18H2,1H3,(H,25,31);(H,6,7). The fraction of sp³-hybridized carbons (Fsp3) is 0.615. The monoisotopic (exact) mass is 555 g/mol. The van der Waals surface area contributed by atoms with E-state index < -0.39 is 17.7 Å². The second-order valence-corrected chi connectivity index (χ2v) is 9.89. The van der Waals surface area contributed by atoms with Gasteiger partial charge in [0, 0.05) is 39.1 Å². The number of carbonyl (C=O) groups is 3. The molecule has 216 valence electrons. The van der Waals surface area contributed by atoms with Gasteiger partial charge in [-0.2, -0.15) is 13.2 Å². The minimum atomic E-state index is -5.08. The maximum absolute atomic E-state index is 13.0. The molecule has 3 amide bonds. The van der Waals surface area contributed by atoms with Gasteiger partial charge in [0.1, 0.15) is 5.71 Å². The Balaban J connectivity index is 0.000000532. The lowest BCUT2D eigenvalue weighted by Gasteiger charge is -2.44. The molecule has 4 rings (SSSR count).